The lowest BCUT2D eigenvalue weighted by atomic mass is 10.1. The highest BCUT2D eigenvalue weighted by molar-refractivity contribution is 6.23. The molecule has 0 aliphatic carbocycles. The third-order valence-electron chi connectivity index (χ3n) is 3.38. The van der Waals surface area contributed by atoms with Crippen LogP contribution < -0.4 is 10.4 Å². The van der Waals surface area contributed by atoms with Crippen molar-refractivity contribution < 1.29 is 38.6 Å². The Bertz CT molecular complexity index is 773. The summed E-state index contributed by atoms with van der Waals surface area (Å²) in [5.41, 5.74) is 0.0288. The maximum absolute atomic E-state index is 12.4. The van der Waals surface area contributed by atoms with Crippen LogP contribution in [0.15, 0.2) is 18.2 Å². The molecule has 0 spiro atoms. The highest BCUT2D eigenvalue weighted by atomic mass is 16.5. The minimum Gasteiger partial charge on any atom is -0.548 e. The van der Waals surface area contributed by atoms with Crippen LogP contribution in [0.3, 0.4) is 0 Å². The summed E-state index contributed by atoms with van der Waals surface area (Å²) < 4.78 is 9.00. The summed E-state index contributed by atoms with van der Waals surface area (Å²) >= 11 is 0. The number of nitrogens with zero attached hydrogens (tertiary/aromatic N) is 1. The highest BCUT2D eigenvalue weighted by Crippen LogP contribution is 2.27. The van der Waals surface area contributed by atoms with Crippen LogP contribution in [0.4, 0.5) is 10.5 Å². The second-order valence-electron chi connectivity index (χ2n) is 4.99. The number of esters is 1. The third-order valence-corrected chi connectivity index (χ3v) is 3.38. The average molecular weight is 349 g/mol. The van der Waals surface area contributed by atoms with Crippen LogP contribution in [-0.4, -0.2) is 54.5 Å². The van der Waals surface area contributed by atoms with Gasteiger partial charge in [-0.25, -0.2) is 4.79 Å². The number of carbonyl (C=O) groups is 5. The van der Waals surface area contributed by atoms with E-state index in [0.29, 0.717) is 4.90 Å². The third kappa shape index (κ3) is 3.57. The monoisotopic (exact) mass is 349 g/mol. The summed E-state index contributed by atoms with van der Waals surface area (Å²) in [5.74, 6) is -4.29. The van der Waals surface area contributed by atoms with Crippen LogP contribution in [0.2, 0.25) is 0 Å². The molecule has 0 bridgehead atoms. The minimum absolute atomic E-state index is 0.0468. The molecule has 0 aromatic heterocycles. The van der Waals surface area contributed by atoms with E-state index in [0.717, 1.165) is 14.0 Å². The van der Waals surface area contributed by atoms with Gasteiger partial charge in [-0.15, -0.1) is 0 Å². The van der Waals surface area contributed by atoms with E-state index in [1.807, 2.05) is 0 Å². The molecule has 2 rings (SSSR count). The van der Waals surface area contributed by atoms with Gasteiger partial charge in [-0.05, 0) is 18.2 Å². The molecule has 1 N–H and O–H groups in total. The van der Waals surface area contributed by atoms with Crippen molar-refractivity contribution in [1.29, 1.82) is 0 Å². The summed E-state index contributed by atoms with van der Waals surface area (Å²) in [6.45, 7) is 0.329. The Morgan fingerprint density at radius 2 is 1.84 bits per heavy atom. The molecule has 3 amide bonds. The van der Waals surface area contributed by atoms with Crippen molar-refractivity contribution in [1.82, 2.24) is 4.90 Å². The maximum Gasteiger partial charge on any atom is 0.411 e. The lowest BCUT2D eigenvalue weighted by Gasteiger charge is -2.26. The summed E-state index contributed by atoms with van der Waals surface area (Å²) in [7, 11) is 1.15. The Balaban J connectivity index is 2.32. The Morgan fingerprint density at radius 3 is 2.40 bits per heavy atom. The first kappa shape index (κ1) is 17.9. The number of fused-ring (bicyclic) bond motifs is 1. The van der Waals surface area contributed by atoms with Crippen molar-refractivity contribution in [3.63, 3.8) is 0 Å². The van der Waals surface area contributed by atoms with E-state index in [2.05, 4.69) is 14.8 Å². The smallest absolute Gasteiger partial charge is 0.411 e. The van der Waals surface area contributed by atoms with Gasteiger partial charge in [-0.1, -0.05) is 0 Å². The minimum atomic E-state index is -1.77. The van der Waals surface area contributed by atoms with Crippen molar-refractivity contribution in [2.75, 3.05) is 19.0 Å². The zero-order chi connectivity index (χ0) is 18.7. The molecule has 0 saturated heterocycles. The molecule has 0 radical (unpaired) electrons. The molecule has 0 fully saturated rings. The Kier molecular flexibility index (Phi) is 5.01. The van der Waals surface area contributed by atoms with Crippen LogP contribution in [0.1, 0.15) is 27.6 Å². The van der Waals surface area contributed by atoms with Crippen LogP contribution in [-0.2, 0) is 19.1 Å². The number of aliphatic carboxylic acids is 1. The van der Waals surface area contributed by atoms with Gasteiger partial charge in [0.1, 0.15) is 12.6 Å². The van der Waals surface area contributed by atoms with E-state index in [9.17, 15) is 29.1 Å². The molecule has 0 saturated carbocycles. The number of benzene rings is 1. The summed E-state index contributed by atoms with van der Waals surface area (Å²) in [4.78, 5) is 58.6. The molecule has 1 heterocycles. The second kappa shape index (κ2) is 6.99. The number of methoxy groups -OCH3 is 1. The number of imide groups is 1. The molecule has 1 aromatic carbocycles. The van der Waals surface area contributed by atoms with Crippen LogP contribution >= 0.6 is 0 Å². The molecule has 1 atom stereocenters. The molecule has 1 aromatic rings. The van der Waals surface area contributed by atoms with Gasteiger partial charge in [0.2, 0.25) is 0 Å². The maximum atomic E-state index is 12.4. The predicted molar refractivity (Wildman–Crippen MR) is 78.4 cm³/mol. The molecule has 1 unspecified atom stereocenters. The van der Waals surface area contributed by atoms with Crippen LogP contribution in [0.5, 0.6) is 0 Å². The van der Waals surface area contributed by atoms with Gasteiger partial charge in [0.15, 0.2) is 0 Å². The fourth-order valence-corrected chi connectivity index (χ4v) is 2.23. The zero-order valence-electron chi connectivity index (χ0n) is 13.2. The molecule has 1 aliphatic rings. The molecule has 10 heteroatoms. The van der Waals surface area contributed by atoms with E-state index in [4.69, 9.17) is 0 Å². The number of nitrogens with one attached hydrogen (secondary N) is 1. The molecule has 132 valence electrons. The van der Waals surface area contributed by atoms with E-state index in [1.54, 1.807) is 0 Å². The fraction of sp³-hybridized carbons (Fsp3) is 0.267. The first-order chi connectivity index (χ1) is 11.8. The summed E-state index contributed by atoms with van der Waals surface area (Å²) in [6.07, 6.45) is -0.781. The Labute approximate surface area is 141 Å². The van der Waals surface area contributed by atoms with E-state index in [-0.39, 0.29) is 16.8 Å². The van der Waals surface area contributed by atoms with E-state index in [1.165, 1.54) is 18.2 Å². The molecule has 25 heavy (non-hydrogen) atoms. The quantitative estimate of drug-likeness (QED) is 0.534. The molecular formula is C15H13N2O8-. The topological polar surface area (TPSA) is 142 Å². The number of carboxylic acid groups (broad SMARTS) is 1. The van der Waals surface area contributed by atoms with Gasteiger partial charge in [-0.3, -0.25) is 24.6 Å². The van der Waals surface area contributed by atoms with Crippen LogP contribution in [0.25, 0.3) is 0 Å². The largest absolute Gasteiger partial charge is 0.548 e. The van der Waals surface area contributed by atoms with Gasteiger partial charge in [0.05, 0.1) is 24.2 Å². The Morgan fingerprint density at radius 1 is 1.20 bits per heavy atom. The zero-order valence-corrected chi connectivity index (χ0v) is 13.2. The summed E-state index contributed by atoms with van der Waals surface area (Å²) in [5, 5.41) is 13.6. The second-order valence-corrected chi connectivity index (χ2v) is 4.99. The Hall–Kier alpha value is -3.43. The number of anilines is 1. The van der Waals surface area contributed by atoms with Crippen molar-refractivity contribution in [2.24, 2.45) is 0 Å². The van der Waals surface area contributed by atoms with Gasteiger partial charge in [0.25, 0.3) is 11.8 Å². The van der Waals surface area contributed by atoms with Crippen molar-refractivity contribution in [2.45, 2.75) is 13.0 Å². The number of hydrogen-bond acceptors (Lipinski definition) is 8. The van der Waals surface area contributed by atoms with Gasteiger partial charge in [-0.2, -0.15) is 0 Å². The van der Waals surface area contributed by atoms with E-state index >= 15 is 0 Å². The number of amides is 3. The molecular weight excluding hydrogens is 336 g/mol. The van der Waals surface area contributed by atoms with Crippen molar-refractivity contribution in [3.05, 3.63) is 29.3 Å². The number of carboxylic acids is 1. The van der Waals surface area contributed by atoms with Gasteiger partial charge < -0.3 is 19.4 Å². The standard InChI is InChI=1S/C15H14N2O8/c1-7(18)25-6-11(14(21)22)17-12(19)9-4-3-8(16-15(23)24-2)5-10(9)13(17)20/h3-5,11H,6H2,1-2H3,(H,16,23)(H,21,22)/p-1. The van der Waals surface area contributed by atoms with Crippen molar-refractivity contribution in [3.8, 4) is 0 Å². The molecule has 1 aliphatic heterocycles. The predicted octanol–water partition coefficient (Wildman–Crippen LogP) is -0.858. The van der Waals surface area contributed by atoms with Crippen LogP contribution in [0, 0.1) is 0 Å². The van der Waals surface area contributed by atoms with E-state index < -0.39 is 42.5 Å². The fourth-order valence-electron chi connectivity index (χ4n) is 2.23. The normalized spacial score (nSPS) is 13.9. The van der Waals surface area contributed by atoms with Gasteiger partial charge >= 0.3 is 12.1 Å². The number of ether oxygens (including phenoxy) is 2. The first-order valence-electron chi connectivity index (χ1n) is 6.97. The number of rotatable bonds is 5. The first-order valence-corrected chi connectivity index (χ1v) is 6.97. The molecule has 10 nitrogen and oxygen atoms in total. The number of carbonyl (C=O) groups excluding carboxylic acids is 5. The average Bonchev–Trinajstić information content (AvgIpc) is 2.79. The van der Waals surface area contributed by atoms with Gasteiger partial charge in [0, 0.05) is 12.6 Å². The van der Waals surface area contributed by atoms with Crippen molar-refractivity contribution >= 4 is 35.5 Å². The summed E-state index contributed by atoms with van der Waals surface area (Å²) in [6, 6.07) is 2.06. The lowest BCUT2D eigenvalue weighted by molar-refractivity contribution is -0.311. The SMILES string of the molecule is COC(=O)Nc1ccc2c(c1)C(=O)N(C(COC(C)=O)C(=O)[O-])C2=O. The lowest BCUT2D eigenvalue weighted by Crippen LogP contribution is -2.53. The number of hydrogen-bond donors (Lipinski definition) is 1. The highest BCUT2D eigenvalue weighted by Gasteiger charge is 2.41.